The summed E-state index contributed by atoms with van der Waals surface area (Å²) in [6.07, 6.45) is 3.21. The molecule has 0 aliphatic rings. The lowest BCUT2D eigenvalue weighted by molar-refractivity contribution is 0.476. The standard InChI is InChI=1S/C24H27N5O3S/c1-15(2)33(30,31)20-11-9-18(10-12-20)21-13-26-14-22(27-21)24-29-28-23(32-24)19-7-5-17(6-8-19)16(3)25-4/h5-16,25,30-31H,1-4H3. The predicted molar refractivity (Wildman–Crippen MR) is 130 cm³/mol. The van der Waals surface area contributed by atoms with Gasteiger partial charge in [0.05, 0.1) is 23.0 Å². The monoisotopic (exact) mass is 465 g/mol. The van der Waals surface area contributed by atoms with Gasteiger partial charge in [0, 0.05) is 22.4 Å². The van der Waals surface area contributed by atoms with Crippen molar-refractivity contribution in [2.75, 3.05) is 7.05 Å². The van der Waals surface area contributed by atoms with Gasteiger partial charge in [0.1, 0.15) is 5.69 Å². The van der Waals surface area contributed by atoms with E-state index in [9.17, 15) is 9.11 Å². The lowest BCUT2D eigenvalue weighted by atomic mass is 10.1. The Morgan fingerprint density at radius 1 is 0.818 bits per heavy atom. The van der Waals surface area contributed by atoms with Gasteiger partial charge in [-0.25, -0.2) is 4.98 Å². The summed E-state index contributed by atoms with van der Waals surface area (Å²) in [5.41, 5.74) is 3.86. The Balaban J connectivity index is 1.57. The van der Waals surface area contributed by atoms with Crippen molar-refractivity contribution in [2.45, 2.75) is 37.0 Å². The molecular formula is C24H27N5O3S. The van der Waals surface area contributed by atoms with Crippen LogP contribution in [0.2, 0.25) is 0 Å². The molecule has 0 aliphatic heterocycles. The van der Waals surface area contributed by atoms with Crippen molar-refractivity contribution in [3.63, 3.8) is 0 Å². The summed E-state index contributed by atoms with van der Waals surface area (Å²) in [7, 11) is -0.910. The molecule has 2 aromatic carbocycles. The third kappa shape index (κ3) is 4.81. The van der Waals surface area contributed by atoms with Crippen LogP contribution in [0.15, 0.2) is 70.2 Å². The number of nitrogens with zero attached hydrogens (tertiary/aromatic N) is 4. The Morgan fingerprint density at radius 3 is 2.06 bits per heavy atom. The van der Waals surface area contributed by atoms with Crippen LogP contribution < -0.4 is 5.32 Å². The van der Waals surface area contributed by atoms with Gasteiger partial charge in [-0.15, -0.1) is 10.2 Å². The molecule has 2 heterocycles. The molecule has 2 aromatic heterocycles. The second kappa shape index (κ2) is 9.40. The summed E-state index contributed by atoms with van der Waals surface area (Å²) in [5, 5.41) is 11.3. The maximum absolute atomic E-state index is 10.3. The average Bonchev–Trinajstić information content (AvgIpc) is 3.34. The highest BCUT2D eigenvalue weighted by Gasteiger charge is 2.20. The van der Waals surface area contributed by atoms with Gasteiger partial charge in [-0.2, -0.15) is 10.6 Å². The first-order valence-corrected chi connectivity index (χ1v) is 12.2. The predicted octanol–water partition coefficient (Wildman–Crippen LogP) is 5.66. The Morgan fingerprint density at radius 2 is 1.42 bits per heavy atom. The third-order valence-corrected chi connectivity index (χ3v) is 7.80. The van der Waals surface area contributed by atoms with E-state index in [4.69, 9.17) is 4.42 Å². The van der Waals surface area contributed by atoms with Crippen molar-refractivity contribution in [3.8, 4) is 34.3 Å². The SMILES string of the molecule is CNC(C)c1ccc(-c2nnc(-c3cncc(-c4ccc(S(O)(O)C(C)C)cc4)n3)o2)cc1. The van der Waals surface area contributed by atoms with Crippen molar-refractivity contribution in [1.82, 2.24) is 25.5 Å². The molecule has 0 saturated heterocycles. The number of aromatic nitrogens is 4. The summed E-state index contributed by atoms with van der Waals surface area (Å²) in [6.45, 7) is 5.66. The quantitative estimate of drug-likeness (QED) is 0.320. The summed E-state index contributed by atoms with van der Waals surface area (Å²) in [4.78, 5) is 9.38. The first-order valence-electron chi connectivity index (χ1n) is 10.6. The van der Waals surface area contributed by atoms with E-state index >= 15 is 0 Å². The fourth-order valence-corrected chi connectivity index (χ4v) is 4.31. The molecule has 0 bridgehead atoms. The lowest BCUT2D eigenvalue weighted by Gasteiger charge is -2.36. The van der Waals surface area contributed by atoms with Crippen LogP contribution in [0.25, 0.3) is 34.3 Å². The Hall–Kier alpha value is -3.11. The zero-order chi connectivity index (χ0) is 23.6. The van der Waals surface area contributed by atoms with Gasteiger partial charge >= 0.3 is 0 Å². The van der Waals surface area contributed by atoms with E-state index in [1.54, 1.807) is 50.5 Å². The fraction of sp³-hybridized carbons (Fsp3) is 0.250. The normalized spacial score (nSPS) is 13.3. The number of hydrogen-bond donors (Lipinski definition) is 3. The molecule has 33 heavy (non-hydrogen) atoms. The highest BCUT2D eigenvalue weighted by atomic mass is 32.3. The molecule has 0 amide bonds. The van der Waals surface area contributed by atoms with Gasteiger partial charge in [0.2, 0.25) is 5.89 Å². The van der Waals surface area contributed by atoms with Crippen LogP contribution in [0.5, 0.6) is 0 Å². The Bertz CT molecular complexity index is 1220. The van der Waals surface area contributed by atoms with Crippen LogP contribution >= 0.6 is 10.6 Å². The molecule has 0 radical (unpaired) electrons. The summed E-state index contributed by atoms with van der Waals surface area (Å²) >= 11 is 0. The largest absolute Gasteiger partial charge is 0.415 e. The fourth-order valence-electron chi connectivity index (χ4n) is 3.23. The first kappa shape index (κ1) is 23.1. The molecule has 3 N–H and O–H groups in total. The van der Waals surface area contributed by atoms with E-state index in [1.807, 2.05) is 31.3 Å². The van der Waals surface area contributed by atoms with E-state index in [-0.39, 0.29) is 17.2 Å². The van der Waals surface area contributed by atoms with Gasteiger partial charge in [-0.05, 0) is 57.6 Å². The molecule has 0 aliphatic carbocycles. The van der Waals surface area contributed by atoms with Gasteiger partial charge in [0.15, 0.2) is 0 Å². The minimum Gasteiger partial charge on any atom is -0.415 e. The molecule has 8 nitrogen and oxygen atoms in total. The highest BCUT2D eigenvalue weighted by molar-refractivity contribution is 8.24. The summed E-state index contributed by atoms with van der Waals surface area (Å²) in [6, 6.07) is 15.2. The summed E-state index contributed by atoms with van der Waals surface area (Å²) < 4.78 is 26.6. The Labute approximate surface area is 194 Å². The molecule has 1 atom stereocenters. The van der Waals surface area contributed by atoms with E-state index in [2.05, 4.69) is 32.4 Å². The van der Waals surface area contributed by atoms with Crippen LogP contribution in [0.4, 0.5) is 0 Å². The number of hydrogen-bond acceptors (Lipinski definition) is 8. The molecule has 1 unspecified atom stereocenters. The van der Waals surface area contributed by atoms with Crippen molar-refractivity contribution in [3.05, 3.63) is 66.5 Å². The van der Waals surface area contributed by atoms with Gasteiger partial charge in [0.25, 0.3) is 5.89 Å². The van der Waals surface area contributed by atoms with Gasteiger partial charge < -0.3 is 9.73 Å². The van der Waals surface area contributed by atoms with E-state index in [0.29, 0.717) is 22.2 Å². The highest BCUT2D eigenvalue weighted by Crippen LogP contribution is 2.52. The molecule has 9 heteroatoms. The van der Waals surface area contributed by atoms with Crippen LogP contribution in [-0.4, -0.2) is 41.6 Å². The summed E-state index contributed by atoms with van der Waals surface area (Å²) in [5.74, 6) is 0.682. The van der Waals surface area contributed by atoms with Crippen LogP contribution in [0.1, 0.15) is 32.4 Å². The van der Waals surface area contributed by atoms with Crippen LogP contribution in [-0.2, 0) is 0 Å². The molecular weight excluding hydrogens is 438 g/mol. The molecule has 4 rings (SSSR count). The minimum absolute atomic E-state index is 0.252. The second-order valence-electron chi connectivity index (χ2n) is 8.00. The molecule has 0 fully saturated rings. The average molecular weight is 466 g/mol. The van der Waals surface area contributed by atoms with Crippen molar-refractivity contribution in [1.29, 1.82) is 0 Å². The van der Waals surface area contributed by atoms with Crippen molar-refractivity contribution < 1.29 is 13.5 Å². The minimum atomic E-state index is -2.83. The van der Waals surface area contributed by atoms with E-state index in [1.165, 1.54) is 5.56 Å². The molecule has 0 spiro atoms. The van der Waals surface area contributed by atoms with Crippen LogP contribution in [0.3, 0.4) is 0 Å². The third-order valence-electron chi connectivity index (χ3n) is 5.52. The maximum atomic E-state index is 10.3. The zero-order valence-electron chi connectivity index (χ0n) is 18.9. The van der Waals surface area contributed by atoms with Gasteiger partial charge in [-0.3, -0.25) is 14.1 Å². The first-order chi connectivity index (χ1) is 15.8. The Kier molecular flexibility index (Phi) is 6.57. The van der Waals surface area contributed by atoms with E-state index in [0.717, 1.165) is 11.1 Å². The molecule has 4 aromatic rings. The second-order valence-corrected chi connectivity index (χ2v) is 10.6. The number of nitrogens with one attached hydrogen (secondary N) is 1. The number of benzene rings is 2. The smallest absolute Gasteiger partial charge is 0.268 e. The van der Waals surface area contributed by atoms with E-state index < -0.39 is 10.6 Å². The zero-order valence-corrected chi connectivity index (χ0v) is 19.7. The molecule has 0 saturated carbocycles. The topological polar surface area (TPSA) is 117 Å². The van der Waals surface area contributed by atoms with Crippen molar-refractivity contribution in [2.24, 2.45) is 0 Å². The molecule has 172 valence electrons. The van der Waals surface area contributed by atoms with Gasteiger partial charge in [-0.1, -0.05) is 24.3 Å². The maximum Gasteiger partial charge on any atom is 0.268 e. The lowest BCUT2D eigenvalue weighted by Crippen LogP contribution is -2.11. The number of rotatable bonds is 7. The van der Waals surface area contributed by atoms with Crippen molar-refractivity contribution >= 4 is 10.6 Å². The van der Waals surface area contributed by atoms with Crippen LogP contribution in [0, 0.1) is 0 Å².